The predicted molar refractivity (Wildman–Crippen MR) is 112 cm³/mol. The van der Waals surface area contributed by atoms with Crippen molar-refractivity contribution in [3.05, 3.63) is 66.2 Å². The van der Waals surface area contributed by atoms with E-state index >= 15 is 0 Å². The molecule has 3 aromatic rings. The second kappa shape index (κ2) is 8.94. The highest BCUT2D eigenvalue weighted by atomic mass is 16.1. The number of aryl methyl sites for hydroxylation is 1. The number of pyridine rings is 1. The first-order chi connectivity index (χ1) is 13.5. The number of nitrogens with one attached hydrogen (secondary N) is 2. The normalized spacial score (nSPS) is 10.4. The topological polar surface area (TPSA) is 83.0 Å². The van der Waals surface area contributed by atoms with E-state index < -0.39 is 0 Å². The van der Waals surface area contributed by atoms with E-state index in [-0.39, 0.29) is 5.91 Å². The molecule has 1 aromatic carbocycles. The van der Waals surface area contributed by atoms with Crippen LogP contribution in [0.4, 0.5) is 23.0 Å². The van der Waals surface area contributed by atoms with Crippen LogP contribution in [-0.4, -0.2) is 34.5 Å². The van der Waals surface area contributed by atoms with Crippen molar-refractivity contribution in [3.8, 4) is 0 Å². The van der Waals surface area contributed by atoms with Crippen LogP contribution >= 0.6 is 0 Å². The van der Waals surface area contributed by atoms with Crippen molar-refractivity contribution in [1.29, 1.82) is 0 Å². The maximum Gasteiger partial charge on any atom is 0.221 e. The first-order valence-electron chi connectivity index (χ1n) is 9.10. The third-order valence-corrected chi connectivity index (χ3v) is 4.18. The molecule has 7 heteroatoms. The van der Waals surface area contributed by atoms with Crippen LogP contribution in [0.1, 0.15) is 18.3 Å². The smallest absolute Gasteiger partial charge is 0.221 e. The molecule has 0 aliphatic rings. The van der Waals surface area contributed by atoms with Gasteiger partial charge in [0.25, 0.3) is 0 Å². The molecule has 0 radical (unpaired) electrons. The van der Waals surface area contributed by atoms with Crippen molar-refractivity contribution in [3.63, 3.8) is 0 Å². The Hall–Kier alpha value is -3.48. The lowest BCUT2D eigenvalue weighted by Gasteiger charge is -2.19. The number of likely N-dealkylation sites (N-methyl/N-ethyl adjacent to an activating group) is 1. The minimum absolute atomic E-state index is 0.0911. The molecule has 0 fully saturated rings. The van der Waals surface area contributed by atoms with Crippen LogP contribution in [-0.2, 0) is 11.2 Å². The predicted octanol–water partition coefficient (Wildman–Crippen LogP) is 3.56. The van der Waals surface area contributed by atoms with Crippen LogP contribution in [0.25, 0.3) is 0 Å². The van der Waals surface area contributed by atoms with E-state index in [0.717, 1.165) is 36.0 Å². The molecule has 0 unspecified atom stereocenters. The van der Waals surface area contributed by atoms with Crippen LogP contribution in [0.15, 0.2) is 54.9 Å². The summed E-state index contributed by atoms with van der Waals surface area (Å²) in [5.74, 6) is 2.20. The monoisotopic (exact) mass is 376 g/mol. The number of carbonyl (C=O) groups excluding carboxylic acids is 1. The van der Waals surface area contributed by atoms with Gasteiger partial charge in [0.2, 0.25) is 5.91 Å². The number of nitrogens with zero attached hydrogens (tertiary/aromatic N) is 4. The molecule has 1 amide bonds. The maximum atomic E-state index is 11.1. The largest absolute Gasteiger partial charge is 0.359 e. The van der Waals surface area contributed by atoms with E-state index in [1.807, 2.05) is 68.8 Å². The average molecular weight is 376 g/mol. The van der Waals surface area contributed by atoms with Crippen LogP contribution in [0, 0.1) is 6.92 Å². The molecule has 7 nitrogen and oxygen atoms in total. The second-order valence-corrected chi connectivity index (χ2v) is 6.57. The third-order valence-electron chi connectivity index (χ3n) is 4.18. The number of carbonyl (C=O) groups is 1. The standard InChI is InChI=1S/C21H24N6O/c1-15-23-20(26-19-6-4-18(5-7-19)25-16(2)28)14-21(24-15)27(3)13-10-17-8-11-22-12-9-17/h4-9,11-12,14H,10,13H2,1-3H3,(H,25,28)(H,23,24,26). The van der Waals surface area contributed by atoms with Gasteiger partial charge in [0.05, 0.1) is 0 Å². The summed E-state index contributed by atoms with van der Waals surface area (Å²) in [7, 11) is 2.02. The number of hydrogen-bond acceptors (Lipinski definition) is 6. The van der Waals surface area contributed by atoms with Gasteiger partial charge in [-0.05, 0) is 55.3 Å². The van der Waals surface area contributed by atoms with Gasteiger partial charge in [0, 0.05) is 50.4 Å². The van der Waals surface area contributed by atoms with Gasteiger partial charge in [-0.25, -0.2) is 9.97 Å². The van der Waals surface area contributed by atoms with Gasteiger partial charge in [-0.2, -0.15) is 0 Å². The van der Waals surface area contributed by atoms with Crippen molar-refractivity contribution < 1.29 is 4.79 Å². The van der Waals surface area contributed by atoms with E-state index in [9.17, 15) is 4.79 Å². The Morgan fingerprint density at radius 3 is 2.39 bits per heavy atom. The molecular formula is C21H24N6O. The van der Waals surface area contributed by atoms with E-state index in [4.69, 9.17) is 0 Å². The molecule has 3 rings (SSSR count). The molecular weight excluding hydrogens is 352 g/mol. The van der Waals surface area contributed by atoms with Crippen molar-refractivity contribution in [2.75, 3.05) is 29.1 Å². The Bertz CT molecular complexity index is 927. The van der Waals surface area contributed by atoms with Gasteiger partial charge in [-0.15, -0.1) is 0 Å². The lowest BCUT2D eigenvalue weighted by Crippen LogP contribution is -2.22. The van der Waals surface area contributed by atoms with Gasteiger partial charge in [-0.1, -0.05) is 0 Å². The summed E-state index contributed by atoms with van der Waals surface area (Å²) < 4.78 is 0. The summed E-state index contributed by atoms with van der Waals surface area (Å²) >= 11 is 0. The highest BCUT2D eigenvalue weighted by Gasteiger charge is 2.08. The zero-order valence-electron chi connectivity index (χ0n) is 16.3. The molecule has 28 heavy (non-hydrogen) atoms. The van der Waals surface area contributed by atoms with Crippen LogP contribution in [0.2, 0.25) is 0 Å². The number of rotatable bonds is 7. The van der Waals surface area contributed by atoms with Gasteiger partial charge < -0.3 is 15.5 Å². The minimum Gasteiger partial charge on any atom is -0.359 e. The molecule has 0 saturated carbocycles. The van der Waals surface area contributed by atoms with Gasteiger partial charge >= 0.3 is 0 Å². The average Bonchev–Trinajstić information content (AvgIpc) is 2.67. The van der Waals surface area contributed by atoms with Gasteiger partial charge in [-0.3, -0.25) is 9.78 Å². The fourth-order valence-corrected chi connectivity index (χ4v) is 2.76. The van der Waals surface area contributed by atoms with Crippen molar-refractivity contribution in [2.24, 2.45) is 0 Å². The first kappa shape index (κ1) is 19.3. The number of anilines is 4. The summed E-state index contributed by atoms with van der Waals surface area (Å²) in [6, 6.07) is 13.5. The molecule has 2 aromatic heterocycles. The lowest BCUT2D eigenvalue weighted by molar-refractivity contribution is -0.114. The van der Waals surface area contributed by atoms with E-state index in [2.05, 4.69) is 30.5 Å². The molecule has 0 bridgehead atoms. The van der Waals surface area contributed by atoms with Crippen LogP contribution in [0.5, 0.6) is 0 Å². The third kappa shape index (κ3) is 5.51. The fourth-order valence-electron chi connectivity index (χ4n) is 2.76. The van der Waals surface area contributed by atoms with Crippen LogP contribution < -0.4 is 15.5 Å². The second-order valence-electron chi connectivity index (χ2n) is 6.57. The molecule has 144 valence electrons. The SMILES string of the molecule is CC(=O)Nc1ccc(Nc2cc(N(C)CCc3ccncc3)nc(C)n2)cc1. The number of aromatic nitrogens is 3. The quantitative estimate of drug-likeness (QED) is 0.656. The maximum absolute atomic E-state index is 11.1. The number of benzene rings is 1. The van der Waals surface area contributed by atoms with E-state index in [1.54, 1.807) is 0 Å². The zero-order chi connectivity index (χ0) is 19.9. The van der Waals surface area contributed by atoms with Crippen molar-refractivity contribution >= 4 is 28.9 Å². The van der Waals surface area contributed by atoms with Gasteiger partial charge in [0.15, 0.2) is 0 Å². The van der Waals surface area contributed by atoms with Crippen molar-refractivity contribution in [1.82, 2.24) is 15.0 Å². The Kier molecular flexibility index (Phi) is 6.16. The highest BCUT2D eigenvalue weighted by Crippen LogP contribution is 2.21. The highest BCUT2D eigenvalue weighted by molar-refractivity contribution is 5.88. The number of hydrogen-bond donors (Lipinski definition) is 2. The number of amides is 1. The molecule has 0 aliphatic heterocycles. The summed E-state index contributed by atoms with van der Waals surface area (Å²) in [4.78, 5) is 26.3. The molecule has 0 aliphatic carbocycles. The van der Waals surface area contributed by atoms with E-state index in [0.29, 0.717) is 5.82 Å². The van der Waals surface area contributed by atoms with Crippen molar-refractivity contribution in [2.45, 2.75) is 20.3 Å². The minimum atomic E-state index is -0.0911. The molecule has 2 heterocycles. The van der Waals surface area contributed by atoms with Crippen LogP contribution in [0.3, 0.4) is 0 Å². The molecule has 0 spiro atoms. The summed E-state index contributed by atoms with van der Waals surface area (Å²) in [6.45, 7) is 4.21. The summed E-state index contributed by atoms with van der Waals surface area (Å²) in [5.41, 5.74) is 2.89. The van der Waals surface area contributed by atoms with E-state index in [1.165, 1.54) is 12.5 Å². The first-order valence-corrected chi connectivity index (χ1v) is 9.10. The Morgan fingerprint density at radius 1 is 1.04 bits per heavy atom. The fraction of sp³-hybridized carbons (Fsp3) is 0.238. The molecule has 2 N–H and O–H groups in total. The zero-order valence-corrected chi connectivity index (χ0v) is 16.3. The lowest BCUT2D eigenvalue weighted by atomic mass is 10.2. The van der Waals surface area contributed by atoms with Gasteiger partial charge in [0.1, 0.15) is 17.5 Å². The Labute approximate surface area is 164 Å². The Balaban J connectivity index is 1.67. The summed E-state index contributed by atoms with van der Waals surface area (Å²) in [5, 5.41) is 6.05. The molecule has 0 saturated heterocycles. The molecule has 0 atom stereocenters. The Morgan fingerprint density at radius 2 is 1.71 bits per heavy atom. The summed E-state index contributed by atoms with van der Waals surface area (Å²) in [6.07, 6.45) is 4.53.